The lowest BCUT2D eigenvalue weighted by molar-refractivity contribution is 0.507. The smallest absolute Gasteiger partial charge is 0.0302 e. The fraction of sp³-hybridized carbons (Fsp3) is 0.171. The average Bonchev–Trinajstić information content (AvgIpc) is 3.08. The summed E-state index contributed by atoms with van der Waals surface area (Å²) >= 11 is 0. The van der Waals surface area contributed by atoms with Crippen molar-refractivity contribution < 1.29 is 0 Å². The predicted molar refractivity (Wildman–Crippen MR) is 181 cm³/mol. The van der Waals surface area contributed by atoms with E-state index in [-0.39, 0.29) is 0 Å². The van der Waals surface area contributed by atoms with Gasteiger partial charge in [-0.05, 0) is 109 Å². The third kappa shape index (κ3) is 4.49. The molecule has 3 atom stereocenters. The second-order valence-electron chi connectivity index (χ2n) is 12.1. The summed E-state index contributed by atoms with van der Waals surface area (Å²) in [5, 5.41) is 5.49. The standard InChI is InChI=1S/C41H34N2/c1-27-34-17-15-30(33-24-32(25-43-26-33)28-19-21-42-22-20-28)23-31(34)16-18-35(27)41-38-13-7-5-11-36(38)40(29-9-3-2-4-10-29)37-12-6-8-14-39(37)41/h2-15,17,19-23,25-27,32,35H,16,18,24H2,1H3. The largest absolute Gasteiger partial charge is 0.268 e. The van der Waals surface area contributed by atoms with E-state index in [0.29, 0.717) is 17.8 Å². The van der Waals surface area contributed by atoms with Crippen LogP contribution in [-0.4, -0.2) is 11.2 Å². The number of nitrogens with zero attached hydrogens (tertiary/aromatic N) is 2. The second-order valence-corrected chi connectivity index (χ2v) is 12.1. The highest BCUT2D eigenvalue weighted by atomic mass is 14.7. The van der Waals surface area contributed by atoms with E-state index in [1.165, 1.54) is 66.1 Å². The van der Waals surface area contributed by atoms with Gasteiger partial charge in [-0.1, -0.05) is 104 Å². The number of aliphatic imine (C=N–C) groups is 1. The molecule has 0 saturated carbocycles. The van der Waals surface area contributed by atoms with E-state index >= 15 is 0 Å². The summed E-state index contributed by atoms with van der Waals surface area (Å²) in [6, 6.07) is 40.5. The van der Waals surface area contributed by atoms with Gasteiger partial charge in [0.1, 0.15) is 0 Å². The van der Waals surface area contributed by atoms with Crippen molar-refractivity contribution in [3.05, 3.63) is 156 Å². The minimum atomic E-state index is 0.294. The van der Waals surface area contributed by atoms with Crippen LogP contribution < -0.4 is 0 Å². The van der Waals surface area contributed by atoms with Crippen molar-refractivity contribution in [2.24, 2.45) is 4.99 Å². The van der Waals surface area contributed by atoms with E-state index in [1.807, 2.05) is 12.4 Å². The zero-order valence-corrected chi connectivity index (χ0v) is 24.4. The molecule has 6 aromatic rings. The van der Waals surface area contributed by atoms with Crippen molar-refractivity contribution in [1.29, 1.82) is 0 Å². The summed E-state index contributed by atoms with van der Waals surface area (Å²) in [5.41, 5.74) is 11.0. The summed E-state index contributed by atoms with van der Waals surface area (Å²) < 4.78 is 0. The number of hydrogen-bond donors (Lipinski definition) is 0. The summed E-state index contributed by atoms with van der Waals surface area (Å²) in [6.07, 6.45) is 11.1. The maximum atomic E-state index is 4.65. The Hall–Kier alpha value is -4.82. The lowest BCUT2D eigenvalue weighted by Gasteiger charge is -2.34. The van der Waals surface area contributed by atoms with Crippen LogP contribution in [0.15, 0.2) is 133 Å². The van der Waals surface area contributed by atoms with Crippen LogP contribution in [-0.2, 0) is 6.42 Å². The van der Waals surface area contributed by atoms with Gasteiger partial charge in [0.05, 0.1) is 0 Å². The van der Waals surface area contributed by atoms with Gasteiger partial charge in [-0.3, -0.25) is 9.98 Å². The van der Waals surface area contributed by atoms with Crippen molar-refractivity contribution >= 4 is 33.3 Å². The van der Waals surface area contributed by atoms with Gasteiger partial charge in [0, 0.05) is 30.7 Å². The summed E-state index contributed by atoms with van der Waals surface area (Å²) in [4.78, 5) is 8.84. The third-order valence-electron chi connectivity index (χ3n) is 9.81. The zero-order valence-electron chi connectivity index (χ0n) is 24.4. The van der Waals surface area contributed by atoms with E-state index in [2.05, 4.69) is 139 Å². The van der Waals surface area contributed by atoms with Crippen LogP contribution in [0.3, 0.4) is 0 Å². The number of aryl methyl sites for hydroxylation is 1. The van der Waals surface area contributed by atoms with Crippen molar-refractivity contribution in [2.45, 2.75) is 43.9 Å². The Kier molecular flexibility index (Phi) is 6.48. The van der Waals surface area contributed by atoms with Crippen LogP contribution in [0.25, 0.3) is 38.2 Å². The molecule has 3 unspecified atom stereocenters. The Balaban J connectivity index is 1.19. The molecule has 2 heteroatoms. The molecule has 8 rings (SSSR count). The Morgan fingerprint density at radius 2 is 1.35 bits per heavy atom. The summed E-state index contributed by atoms with van der Waals surface area (Å²) in [6.45, 7) is 2.45. The van der Waals surface area contributed by atoms with E-state index in [4.69, 9.17) is 0 Å². The molecule has 2 aliphatic rings. The van der Waals surface area contributed by atoms with Gasteiger partial charge >= 0.3 is 0 Å². The predicted octanol–water partition coefficient (Wildman–Crippen LogP) is 10.5. The number of benzene rings is 5. The van der Waals surface area contributed by atoms with Gasteiger partial charge in [-0.15, -0.1) is 0 Å². The fourth-order valence-corrected chi connectivity index (χ4v) is 7.70. The highest BCUT2D eigenvalue weighted by Gasteiger charge is 2.31. The molecule has 1 aliphatic heterocycles. The normalized spacial score (nSPS) is 19.7. The molecule has 2 heterocycles. The minimum Gasteiger partial charge on any atom is -0.268 e. The molecule has 208 valence electrons. The van der Waals surface area contributed by atoms with Gasteiger partial charge in [0.15, 0.2) is 0 Å². The molecule has 1 aromatic heterocycles. The molecule has 0 amide bonds. The van der Waals surface area contributed by atoms with Crippen molar-refractivity contribution in [3.8, 4) is 11.1 Å². The Morgan fingerprint density at radius 3 is 2.07 bits per heavy atom. The lowest BCUT2D eigenvalue weighted by atomic mass is 9.70. The minimum absolute atomic E-state index is 0.294. The molecular weight excluding hydrogens is 520 g/mol. The van der Waals surface area contributed by atoms with Crippen LogP contribution in [0.1, 0.15) is 65.3 Å². The van der Waals surface area contributed by atoms with Gasteiger partial charge < -0.3 is 0 Å². The van der Waals surface area contributed by atoms with Crippen molar-refractivity contribution in [3.63, 3.8) is 0 Å². The number of hydrogen-bond acceptors (Lipinski definition) is 2. The van der Waals surface area contributed by atoms with Crippen LogP contribution in [0.2, 0.25) is 0 Å². The SMILES string of the molecule is CC1c2ccc(C3=CN=CC(c4ccncc4)C3)cc2CCC1c1c2ccccc2c(-c2ccccc2)c2ccccc12. The maximum absolute atomic E-state index is 4.65. The number of fused-ring (bicyclic) bond motifs is 3. The summed E-state index contributed by atoms with van der Waals surface area (Å²) in [7, 11) is 0. The number of aromatic nitrogens is 1. The van der Waals surface area contributed by atoms with E-state index in [0.717, 1.165) is 19.3 Å². The number of pyridine rings is 1. The molecule has 2 nitrogen and oxygen atoms in total. The van der Waals surface area contributed by atoms with Crippen LogP contribution in [0, 0.1) is 0 Å². The molecule has 0 bridgehead atoms. The number of allylic oxidation sites excluding steroid dienone is 1. The molecule has 0 N–H and O–H groups in total. The molecule has 0 spiro atoms. The van der Waals surface area contributed by atoms with Crippen molar-refractivity contribution in [2.75, 3.05) is 0 Å². The fourth-order valence-electron chi connectivity index (χ4n) is 7.70. The Bertz CT molecular complexity index is 1960. The first kappa shape index (κ1) is 25.9. The second kappa shape index (κ2) is 10.8. The molecule has 5 aromatic carbocycles. The zero-order chi connectivity index (χ0) is 28.8. The topological polar surface area (TPSA) is 25.2 Å². The highest BCUT2D eigenvalue weighted by Crippen LogP contribution is 2.49. The summed E-state index contributed by atoms with van der Waals surface area (Å²) in [5.74, 6) is 1.17. The quantitative estimate of drug-likeness (QED) is 0.199. The first-order valence-corrected chi connectivity index (χ1v) is 15.5. The van der Waals surface area contributed by atoms with Crippen LogP contribution in [0.5, 0.6) is 0 Å². The third-order valence-corrected chi connectivity index (χ3v) is 9.81. The average molecular weight is 555 g/mol. The van der Waals surface area contributed by atoms with Gasteiger partial charge in [-0.2, -0.15) is 0 Å². The first-order valence-electron chi connectivity index (χ1n) is 15.5. The molecular formula is C41H34N2. The van der Waals surface area contributed by atoms with Crippen molar-refractivity contribution in [1.82, 2.24) is 4.98 Å². The Morgan fingerprint density at radius 1 is 0.674 bits per heavy atom. The maximum Gasteiger partial charge on any atom is 0.0302 e. The van der Waals surface area contributed by atoms with Gasteiger partial charge in [0.25, 0.3) is 0 Å². The van der Waals surface area contributed by atoms with Crippen LogP contribution >= 0.6 is 0 Å². The monoisotopic (exact) mass is 554 g/mol. The van der Waals surface area contributed by atoms with Crippen LogP contribution in [0.4, 0.5) is 0 Å². The first-order chi connectivity index (χ1) is 21.3. The molecule has 43 heavy (non-hydrogen) atoms. The molecule has 1 aliphatic carbocycles. The van der Waals surface area contributed by atoms with Gasteiger partial charge in [-0.25, -0.2) is 0 Å². The van der Waals surface area contributed by atoms with E-state index in [1.54, 1.807) is 0 Å². The lowest BCUT2D eigenvalue weighted by Crippen LogP contribution is -2.18. The number of rotatable bonds is 4. The molecule has 0 fully saturated rings. The molecule has 0 saturated heterocycles. The van der Waals surface area contributed by atoms with Gasteiger partial charge in [0.2, 0.25) is 0 Å². The highest BCUT2D eigenvalue weighted by molar-refractivity contribution is 6.15. The van der Waals surface area contributed by atoms with E-state index in [9.17, 15) is 0 Å². The van der Waals surface area contributed by atoms with E-state index < -0.39 is 0 Å². The molecule has 0 radical (unpaired) electrons. The Labute approximate surface area is 253 Å².